The van der Waals surface area contributed by atoms with Crippen molar-refractivity contribution in [2.45, 2.75) is 27.2 Å². The number of carboxylic acids is 1. The van der Waals surface area contributed by atoms with E-state index in [9.17, 15) is 9.59 Å². The molecular formula is C15H22N2O4. The Morgan fingerprint density at radius 2 is 2.10 bits per heavy atom. The molecule has 1 aromatic heterocycles. The van der Waals surface area contributed by atoms with Gasteiger partial charge in [-0.15, -0.1) is 0 Å². The lowest BCUT2D eigenvalue weighted by Gasteiger charge is -2.15. The fraction of sp³-hybridized carbons (Fsp3) is 0.533. The molecule has 6 heteroatoms. The average molecular weight is 294 g/mol. The predicted octanol–water partition coefficient (Wildman–Crippen LogP) is 2.42. The Labute approximate surface area is 124 Å². The molecule has 6 nitrogen and oxygen atoms in total. The van der Waals surface area contributed by atoms with Gasteiger partial charge in [-0.05, 0) is 31.4 Å². The Morgan fingerprint density at radius 1 is 1.38 bits per heavy atom. The molecule has 1 aromatic rings. The quantitative estimate of drug-likeness (QED) is 0.716. The number of aliphatic carboxylic acids is 1. The smallest absolute Gasteiger partial charge is 0.339 e. The molecule has 1 heterocycles. The SMILES string of the molecule is CCOC(=O)c1ccc(NCC(CC(C)C)C(=O)O)nc1. The van der Waals surface area contributed by atoms with Crippen LogP contribution in [0.1, 0.15) is 37.6 Å². The maximum absolute atomic E-state index is 11.5. The number of nitrogens with one attached hydrogen (secondary N) is 1. The second-order valence-corrected chi connectivity index (χ2v) is 5.20. The highest BCUT2D eigenvalue weighted by Crippen LogP contribution is 2.14. The largest absolute Gasteiger partial charge is 0.481 e. The highest BCUT2D eigenvalue weighted by Gasteiger charge is 2.18. The van der Waals surface area contributed by atoms with Crippen LogP contribution in [0.4, 0.5) is 5.82 Å². The summed E-state index contributed by atoms with van der Waals surface area (Å²) in [6, 6.07) is 3.24. The standard InChI is InChI=1S/C15H22N2O4/c1-4-21-15(20)11-5-6-13(16-8-11)17-9-12(14(18)19)7-10(2)3/h5-6,8,10,12H,4,7,9H2,1-3H3,(H,16,17)(H,18,19). The van der Waals surface area contributed by atoms with Gasteiger partial charge in [0.15, 0.2) is 0 Å². The van der Waals surface area contributed by atoms with E-state index in [0.29, 0.717) is 36.9 Å². The minimum Gasteiger partial charge on any atom is -0.481 e. The summed E-state index contributed by atoms with van der Waals surface area (Å²) in [7, 11) is 0. The van der Waals surface area contributed by atoms with Gasteiger partial charge in [0.05, 0.1) is 18.1 Å². The molecule has 1 atom stereocenters. The van der Waals surface area contributed by atoms with E-state index in [1.165, 1.54) is 6.20 Å². The minimum absolute atomic E-state index is 0.305. The van der Waals surface area contributed by atoms with Gasteiger partial charge >= 0.3 is 11.9 Å². The van der Waals surface area contributed by atoms with Crippen LogP contribution >= 0.6 is 0 Å². The van der Waals surface area contributed by atoms with Crippen LogP contribution in [0.15, 0.2) is 18.3 Å². The van der Waals surface area contributed by atoms with Crippen LogP contribution in [0, 0.1) is 11.8 Å². The molecule has 0 saturated carbocycles. The van der Waals surface area contributed by atoms with Gasteiger partial charge in [0.25, 0.3) is 0 Å². The Bertz CT molecular complexity index is 471. The van der Waals surface area contributed by atoms with Crippen molar-refractivity contribution >= 4 is 17.8 Å². The molecule has 0 spiro atoms. The molecule has 116 valence electrons. The molecular weight excluding hydrogens is 272 g/mol. The summed E-state index contributed by atoms with van der Waals surface area (Å²) in [5.74, 6) is -0.847. The van der Waals surface area contributed by atoms with Gasteiger partial charge in [0, 0.05) is 12.7 Å². The van der Waals surface area contributed by atoms with Crippen LogP contribution in [-0.4, -0.2) is 35.2 Å². The Hall–Kier alpha value is -2.11. The summed E-state index contributed by atoms with van der Waals surface area (Å²) in [6.45, 7) is 6.33. The van der Waals surface area contributed by atoms with Crippen LogP contribution in [0.2, 0.25) is 0 Å². The van der Waals surface area contributed by atoms with Gasteiger partial charge in [0.2, 0.25) is 0 Å². The zero-order valence-corrected chi connectivity index (χ0v) is 12.6. The van der Waals surface area contributed by atoms with Crippen molar-refractivity contribution in [2.24, 2.45) is 11.8 Å². The van der Waals surface area contributed by atoms with E-state index >= 15 is 0 Å². The van der Waals surface area contributed by atoms with E-state index in [-0.39, 0.29) is 0 Å². The van der Waals surface area contributed by atoms with Crippen molar-refractivity contribution in [3.8, 4) is 0 Å². The van der Waals surface area contributed by atoms with Gasteiger partial charge in [-0.1, -0.05) is 13.8 Å². The third kappa shape index (κ3) is 5.81. The normalized spacial score (nSPS) is 12.0. The van der Waals surface area contributed by atoms with Crippen molar-refractivity contribution in [3.63, 3.8) is 0 Å². The maximum atomic E-state index is 11.5. The number of pyridine rings is 1. The van der Waals surface area contributed by atoms with Crippen molar-refractivity contribution in [2.75, 3.05) is 18.5 Å². The van der Waals surface area contributed by atoms with E-state index in [1.54, 1.807) is 19.1 Å². The monoisotopic (exact) mass is 294 g/mol. The van der Waals surface area contributed by atoms with Crippen molar-refractivity contribution in [1.29, 1.82) is 0 Å². The van der Waals surface area contributed by atoms with Crippen molar-refractivity contribution in [3.05, 3.63) is 23.9 Å². The number of anilines is 1. The second kappa shape index (κ2) is 8.24. The van der Waals surface area contributed by atoms with Gasteiger partial charge in [-0.25, -0.2) is 9.78 Å². The molecule has 2 N–H and O–H groups in total. The number of ether oxygens (including phenoxy) is 1. The van der Waals surface area contributed by atoms with E-state index in [0.717, 1.165) is 0 Å². The van der Waals surface area contributed by atoms with Crippen LogP contribution in [-0.2, 0) is 9.53 Å². The first-order valence-corrected chi connectivity index (χ1v) is 7.03. The first kappa shape index (κ1) is 16.9. The Balaban J connectivity index is 2.58. The molecule has 1 rings (SSSR count). The van der Waals surface area contributed by atoms with Gasteiger partial charge in [-0.3, -0.25) is 4.79 Å². The van der Waals surface area contributed by atoms with E-state index in [1.807, 2.05) is 13.8 Å². The Kier molecular flexibility index (Phi) is 6.65. The van der Waals surface area contributed by atoms with Gasteiger partial charge in [-0.2, -0.15) is 0 Å². The number of hydrogen-bond acceptors (Lipinski definition) is 5. The first-order valence-electron chi connectivity index (χ1n) is 7.03. The summed E-state index contributed by atoms with van der Waals surface area (Å²) in [5.41, 5.74) is 0.374. The molecule has 0 bridgehead atoms. The van der Waals surface area contributed by atoms with Gasteiger partial charge < -0.3 is 15.2 Å². The summed E-state index contributed by atoms with van der Waals surface area (Å²) in [4.78, 5) is 26.7. The third-order valence-corrected chi connectivity index (χ3v) is 2.91. The molecule has 0 aromatic carbocycles. The number of carbonyl (C=O) groups is 2. The fourth-order valence-corrected chi connectivity index (χ4v) is 1.90. The number of esters is 1. The highest BCUT2D eigenvalue weighted by molar-refractivity contribution is 5.89. The number of nitrogens with zero attached hydrogens (tertiary/aromatic N) is 1. The average Bonchev–Trinajstić information content (AvgIpc) is 2.43. The molecule has 0 amide bonds. The van der Waals surface area contributed by atoms with Crippen LogP contribution in [0.5, 0.6) is 0 Å². The second-order valence-electron chi connectivity index (χ2n) is 5.20. The topological polar surface area (TPSA) is 88.5 Å². The number of rotatable bonds is 8. The van der Waals surface area contributed by atoms with Crippen LogP contribution in [0.25, 0.3) is 0 Å². The number of hydrogen-bond donors (Lipinski definition) is 2. The summed E-state index contributed by atoms with van der Waals surface area (Å²) < 4.78 is 4.86. The number of carbonyl (C=O) groups excluding carboxylic acids is 1. The van der Waals surface area contributed by atoms with Gasteiger partial charge in [0.1, 0.15) is 5.82 Å². The molecule has 0 saturated heterocycles. The highest BCUT2D eigenvalue weighted by atomic mass is 16.5. The van der Waals surface area contributed by atoms with Crippen LogP contribution in [0.3, 0.4) is 0 Å². The third-order valence-electron chi connectivity index (χ3n) is 2.91. The molecule has 0 aliphatic rings. The Morgan fingerprint density at radius 3 is 2.57 bits per heavy atom. The molecule has 21 heavy (non-hydrogen) atoms. The molecule has 0 fully saturated rings. The lowest BCUT2D eigenvalue weighted by atomic mass is 9.97. The number of carboxylic acid groups (broad SMARTS) is 1. The minimum atomic E-state index is -0.820. The first-order chi connectivity index (χ1) is 9.93. The predicted molar refractivity (Wildman–Crippen MR) is 79.3 cm³/mol. The zero-order chi connectivity index (χ0) is 15.8. The lowest BCUT2D eigenvalue weighted by Crippen LogP contribution is -2.24. The summed E-state index contributed by atoms with van der Waals surface area (Å²) in [5, 5.41) is 12.1. The molecule has 0 aliphatic heterocycles. The molecule has 0 aliphatic carbocycles. The van der Waals surface area contributed by atoms with Crippen LogP contribution < -0.4 is 5.32 Å². The molecule has 1 unspecified atom stereocenters. The zero-order valence-electron chi connectivity index (χ0n) is 12.6. The maximum Gasteiger partial charge on any atom is 0.339 e. The lowest BCUT2D eigenvalue weighted by molar-refractivity contribution is -0.141. The summed E-state index contributed by atoms with van der Waals surface area (Å²) in [6.07, 6.45) is 2.02. The van der Waals surface area contributed by atoms with E-state index in [4.69, 9.17) is 9.84 Å². The number of aromatic nitrogens is 1. The molecule has 0 radical (unpaired) electrons. The van der Waals surface area contributed by atoms with E-state index < -0.39 is 17.9 Å². The summed E-state index contributed by atoms with van der Waals surface area (Å²) >= 11 is 0. The van der Waals surface area contributed by atoms with Crippen molar-refractivity contribution in [1.82, 2.24) is 4.98 Å². The van der Waals surface area contributed by atoms with E-state index in [2.05, 4.69) is 10.3 Å². The fourth-order valence-electron chi connectivity index (χ4n) is 1.90. The van der Waals surface area contributed by atoms with Crippen molar-refractivity contribution < 1.29 is 19.4 Å².